The number of carbonyl (C=O) groups excluding carboxylic acids is 2. The molecule has 0 aromatic heterocycles. The molecule has 0 bridgehead atoms. The van der Waals surface area contributed by atoms with Crippen LogP contribution >= 0.6 is 0 Å². The van der Waals surface area contributed by atoms with Crippen molar-refractivity contribution in [2.75, 3.05) is 33.3 Å². The van der Waals surface area contributed by atoms with Crippen LogP contribution < -0.4 is 5.32 Å². The minimum atomic E-state index is -0.439. The van der Waals surface area contributed by atoms with Gasteiger partial charge in [-0.05, 0) is 44.3 Å². The number of hydrogen-bond donors (Lipinski definition) is 1. The van der Waals surface area contributed by atoms with E-state index in [0.29, 0.717) is 17.7 Å². The highest BCUT2D eigenvalue weighted by atomic mass is 16.5. The molecule has 116 valence electrons. The van der Waals surface area contributed by atoms with Gasteiger partial charge in [0.05, 0.1) is 12.7 Å². The second-order valence-corrected chi connectivity index (χ2v) is 4.71. The first-order valence-electron chi connectivity index (χ1n) is 7.31. The number of nitrogens with zero attached hydrogens (tertiary/aromatic N) is 1. The van der Waals surface area contributed by atoms with Gasteiger partial charge in [-0.2, -0.15) is 0 Å². The van der Waals surface area contributed by atoms with Gasteiger partial charge >= 0.3 is 5.97 Å². The van der Waals surface area contributed by atoms with Crippen molar-refractivity contribution in [3.8, 4) is 0 Å². The van der Waals surface area contributed by atoms with E-state index in [4.69, 9.17) is 0 Å². The molecule has 21 heavy (non-hydrogen) atoms. The van der Waals surface area contributed by atoms with Crippen LogP contribution in [0.25, 0.3) is 0 Å². The molecule has 0 unspecified atom stereocenters. The SMILES string of the molecule is CCN(CC)CCCNC(=O)c1cccc(C(=O)OC)c1. The number of rotatable bonds is 8. The summed E-state index contributed by atoms with van der Waals surface area (Å²) in [4.78, 5) is 25.8. The van der Waals surface area contributed by atoms with Crippen LogP contribution in [0.2, 0.25) is 0 Å². The van der Waals surface area contributed by atoms with E-state index in [9.17, 15) is 9.59 Å². The van der Waals surface area contributed by atoms with Gasteiger partial charge < -0.3 is 15.0 Å². The lowest BCUT2D eigenvalue weighted by atomic mass is 10.1. The lowest BCUT2D eigenvalue weighted by Gasteiger charge is -2.17. The Labute approximate surface area is 126 Å². The molecule has 1 rings (SSSR count). The lowest BCUT2D eigenvalue weighted by molar-refractivity contribution is 0.0600. The molecule has 0 aliphatic heterocycles. The van der Waals surface area contributed by atoms with Crippen LogP contribution in [0.5, 0.6) is 0 Å². The summed E-state index contributed by atoms with van der Waals surface area (Å²) in [5.41, 5.74) is 0.856. The molecule has 0 radical (unpaired) electrons. The number of hydrogen-bond acceptors (Lipinski definition) is 4. The average molecular weight is 292 g/mol. The summed E-state index contributed by atoms with van der Waals surface area (Å²) < 4.78 is 4.64. The van der Waals surface area contributed by atoms with Gasteiger partial charge in [-0.15, -0.1) is 0 Å². The minimum absolute atomic E-state index is 0.166. The van der Waals surface area contributed by atoms with E-state index >= 15 is 0 Å². The molecule has 5 heteroatoms. The van der Waals surface area contributed by atoms with Crippen LogP contribution in [-0.4, -0.2) is 50.1 Å². The van der Waals surface area contributed by atoms with Gasteiger partial charge in [0.25, 0.3) is 5.91 Å². The second-order valence-electron chi connectivity index (χ2n) is 4.71. The number of carbonyl (C=O) groups is 2. The molecule has 1 aromatic carbocycles. The molecule has 1 amide bonds. The third kappa shape index (κ3) is 5.55. The van der Waals surface area contributed by atoms with Gasteiger partial charge in [-0.25, -0.2) is 4.79 Å². The second kappa shape index (κ2) is 9.13. The molecule has 0 saturated carbocycles. The summed E-state index contributed by atoms with van der Waals surface area (Å²) in [6.45, 7) is 7.88. The zero-order chi connectivity index (χ0) is 15.7. The predicted molar refractivity (Wildman–Crippen MR) is 82.5 cm³/mol. The van der Waals surface area contributed by atoms with Crippen molar-refractivity contribution in [3.63, 3.8) is 0 Å². The van der Waals surface area contributed by atoms with Crippen LogP contribution in [-0.2, 0) is 4.74 Å². The van der Waals surface area contributed by atoms with E-state index < -0.39 is 5.97 Å². The quantitative estimate of drug-likeness (QED) is 0.587. The zero-order valence-electron chi connectivity index (χ0n) is 13.0. The fourth-order valence-electron chi connectivity index (χ4n) is 2.05. The third-order valence-corrected chi connectivity index (χ3v) is 3.38. The van der Waals surface area contributed by atoms with Crippen molar-refractivity contribution in [1.29, 1.82) is 0 Å². The summed E-state index contributed by atoms with van der Waals surface area (Å²) >= 11 is 0. The zero-order valence-corrected chi connectivity index (χ0v) is 13.0. The third-order valence-electron chi connectivity index (χ3n) is 3.38. The topological polar surface area (TPSA) is 58.6 Å². The fraction of sp³-hybridized carbons (Fsp3) is 0.500. The van der Waals surface area contributed by atoms with Crippen LogP contribution in [0.4, 0.5) is 0 Å². The van der Waals surface area contributed by atoms with Crippen molar-refractivity contribution in [2.45, 2.75) is 20.3 Å². The van der Waals surface area contributed by atoms with Gasteiger partial charge in [0.1, 0.15) is 0 Å². The Morgan fingerprint density at radius 3 is 2.48 bits per heavy atom. The predicted octanol–water partition coefficient (Wildman–Crippen LogP) is 1.93. The number of nitrogens with one attached hydrogen (secondary N) is 1. The maximum absolute atomic E-state index is 12.0. The molecule has 1 aromatic rings. The van der Waals surface area contributed by atoms with Crippen LogP contribution in [0.3, 0.4) is 0 Å². The average Bonchev–Trinajstić information content (AvgIpc) is 2.54. The van der Waals surface area contributed by atoms with E-state index in [-0.39, 0.29) is 5.91 Å². The Morgan fingerprint density at radius 1 is 1.19 bits per heavy atom. The maximum atomic E-state index is 12.0. The van der Waals surface area contributed by atoms with Crippen molar-refractivity contribution >= 4 is 11.9 Å². The number of ether oxygens (including phenoxy) is 1. The van der Waals surface area contributed by atoms with Crippen molar-refractivity contribution in [1.82, 2.24) is 10.2 Å². The maximum Gasteiger partial charge on any atom is 0.337 e. The monoisotopic (exact) mass is 292 g/mol. The Morgan fingerprint density at radius 2 is 1.86 bits per heavy atom. The molecular formula is C16H24N2O3. The highest BCUT2D eigenvalue weighted by Gasteiger charge is 2.10. The van der Waals surface area contributed by atoms with Crippen molar-refractivity contribution in [2.24, 2.45) is 0 Å². The molecule has 0 aliphatic carbocycles. The first-order valence-corrected chi connectivity index (χ1v) is 7.31. The Hall–Kier alpha value is -1.88. The Kier molecular flexibility index (Phi) is 7.46. The molecule has 1 N–H and O–H groups in total. The molecule has 0 fully saturated rings. The van der Waals surface area contributed by atoms with Crippen LogP contribution in [0.15, 0.2) is 24.3 Å². The van der Waals surface area contributed by atoms with Crippen LogP contribution in [0, 0.1) is 0 Å². The highest BCUT2D eigenvalue weighted by Crippen LogP contribution is 2.06. The van der Waals surface area contributed by atoms with E-state index in [1.54, 1.807) is 24.3 Å². The van der Waals surface area contributed by atoms with E-state index in [2.05, 4.69) is 28.8 Å². The normalized spacial score (nSPS) is 10.5. The molecular weight excluding hydrogens is 268 g/mol. The van der Waals surface area contributed by atoms with E-state index in [1.807, 2.05) is 0 Å². The molecule has 0 spiro atoms. The minimum Gasteiger partial charge on any atom is -0.465 e. The molecule has 0 aliphatic rings. The van der Waals surface area contributed by atoms with Crippen LogP contribution in [0.1, 0.15) is 41.0 Å². The first kappa shape index (κ1) is 17.2. The van der Waals surface area contributed by atoms with Gasteiger partial charge in [-0.3, -0.25) is 4.79 Å². The largest absolute Gasteiger partial charge is 0.465 e. The summed E-state index contributed by atoms with van der Waals surface area (Å²) in [5.74, 6) is -0.605. The number of benzene rings is 1. The van der Waals surface area contributed by atoms with Gasteiger partial charge in [0.2, 0.25) is 0 Å². The van der Waals surface area contributed by atoms with Gasteiger partial charge in [0, 0.05) is 12.1 Å². The van der Waals surface area contributed by atoms with E-state index in [0.717, 1.165) is 26.1 Å². The highest BCUT2D eigenvalue weighted by molar-refractivity contribution is 5.97. The summed E-state index contributed by atoms with van der Waals surface area (Å²) in [5, 5.41) is 2.87. The summed E-state index contributed by atoms with van der Waals surface area (Å²) in [7, 11) is 1.32. The summed E-state index contributed by atoms with van der Waals surface area (Å²) in [6.07, 6.45) is 0.907. The molecule has 0 atom stereocenters. The number of methoxy groups -OCH3 is 1. The van der Waals surface area contributed by atoms with Gasteiger partial charge in [0.15, 0.2) is 0 Å². The van der Waals surface area contributed by atoms with E-state index in [1.165, 1.54) is 7.11 Å². The number of amides is 1. The first-order chi connectivity index (χ1) is 10.1. The lowest BCUT2D eigenvalue weighted by Crippen LogP contribution is -2.30. The standard InChI is InChI=1S/C16H24N2O3/c1-4-18(5-2)11-7-10-17-15(19)13-8-6-9-14(12-13)16(20)21-3/h6,8-9,12H,4-5,7,10-11H2,1-3H3,(H,17,19). The molecule has 0 heterocycles. The van der Waals surface area contributed by atoms with Crippen molar-refractivity contribution < 1.29 is 14.3 Å². The number of esters is 1. The van der Waals surface area contributed by atoms with Crippen molar-refractivity contribution in [3.05, 3.63) is 35.4 Å². The Balaban J connectivity index is 2.47. The smallest absolute Gasteiger partial charge is 0.337 e. The van der Waals surface area contributed by atoms with Gasteiger partial charge in [-0.1, -0.05) is 19.9 Å². The Bertz CT molecular complexity index is 470. The molecule has 5 nitrogen and oxygen atoms in total. The summed E-state index contributed by atoms with van der Waals surface area (Å²) in [6, 6.07) is 6.54. The fourth-order valence-corrected chi connectivity index (χ4v) is 2.05. The molecule has 0 saturated heterocycles.